The van der Waals surface area contributed by atoms with Gasteiger partial charge in [0.25, 0.3) is 0 Å². The molecule has 0 aliphatic carbocycles. The Labute approximate surface area is 187 Å². The van der Waals surface area contributed by atoms with Crippen LogP contribution in [0.2, 0.25) is 0 Å². The summed E-state index contributed by atoms with van der Waals surface area (Å²) in [7, 11) is 0. The van der Waals surface area contributed by atoms with Crippen molar-refractivity contribution in [2.24, 2.45) is 5.41 Å². The van der Waals surface area contributed by atoms with Crippen LogP contribution in [0.1, 0.15) is 84.1 Å². The van der Waals surface area contributed by atoms with Crippen LogP contribution in [-0.2, 0) is 11.2 Å². The average molecular weight is 421 g/mol. The number of nitriles is 1. The molecule has 0 spiro atoms. The van der Waals surface area contributed by atoms with Crippen molar-refractivity contribution in [3.8, 4) is 23.1 Å². The standard InChI is InChI=1S/C27H36N2O2/c1-4-6-8-10-12-22-13-18-25(29-20-22)23-14-16-24(17-15-23)31-26(30)27(3,21-28)19-11-9-7-5-2/h13-18,20H,4-12,19H2,1-3H3. The molecule has 1 aromatic carbocycles. The molecule has 1 heterocycles. The van der Waals surface area contributed by atoms with E-state index in [0.29, 0.717) is 12.2 Å². The highest BCUT2D eigenvalue weighted by molar-refractivity contribution is 5.81. The summed E-state index contributed by atoms with van der Waals surface area (Å²) in [6.45, 7) is 6.03. The molecule has 0 aliphatic heterocycles. The van der Waals surface area contributed by atoms with Crippen LogP contribution >= 0.6 is 0 Å². The van der Waals surface area contributed by atoms with Crippen LogP contribution in [0.3, 0.4) is 0 Å². The highest BCUT2D eigenvalue weighted by Crippen LogP contribution is 2.28. The number of benzene rings is 1. The van der Waals surface area contributed by atoms with Crippen molar-refractivity contribution in [3.63, 3.8) is 0 Å². The quantitative estimate of drug-likeness (QED) is 0.194. The van der Waals surface area contributed by atoms with Crippen molar-refractivity contribution < 1.29 is 9.53 Å². The van der Waals surface area contributed by atoms with Gasteiger partial charge in [0.1, 0.15) is 5.75 Å². The summed E-state index contributed by atoms with van der Waals surface area (Å²) in [5.74, 6) is -0.0267. The number of hydrogen-bond donors (Lipinski definition) is 0. The number of carbonyl (C=O) groups is 1. The van der Waals surface area contributed by atoms with Gasteiger partial charge in [-0.1, -0.05) is 64.9 Å². The zero-order chi connectivity index (χ0) is 22.5. The minimum atomic E-state index is -1.11. The third-order valence-corrected chi connectivity index (χ3v) is 5.73. The number of nitrogens with zero attached hydrogens (tertiary/aromatic N) is 2. The van der Waals surface area contributed by atoms with E-state index in [-0.39, 0.29) is 0 Å². The number of aromatic nitrogens is 1. The first kappa shape index (κ1) is 24.6. The molecule has 0 saturated heterocycles. The van der Waals surface area contributed by atoms with Crippen LogP contribution in [0, 0.1) is 16.7 Å². The van der Waals surface area contributed by atoms with Gasteiger partial charge in [0, 0.05) is 11.8 Å². The molecule has 4 heteroatoms. The van der Waals surface area contributed by atoms with Crippen LogP contribution in [0.15, 0.2) is 42.6 Å². The smallest absolute Gasteiger partial charge is 0.331 e. The fraction of sp³-hybridized carbons (Fsp3) is 0.519. The zero-order valence-corrected chi connectivity index (χ0v) is 19.3. The molecule has 1 unspecified atom stereocenters. The molecule has 4 nitrogen and oxygen atoms in total. The molecule has 0 aliphatic rings. The summed E-state index contributed by atoms with van der Waals surface area (Å²) in [4.78, 5) is 17.2. The van der Waals surface area contributed by atoms with Crippen LogP contribution in [0.4, 0.5) is 0 Å². The van der Waals surface area contributed by atoms with Gasteiger partial charge in [-0.15, -0.1) is 0 Å². The Hall–Kier alpha value is -2.67. The number of aryl methyl sites for hydroxylation is 1. The summed E-state index contributed by atoms with van der Waals surface area (Å²) in [5.41, 5.74) is 2.02. The van der Waals surface area contributed by atoms with Gasteiger partial charge in [0.15, 0.2) is 5.41 Å². The second-order valence-corrected chi connectivity index (χ2v) is 8.53. The van der Waals surface area contributed by atoms with Crippen molar-refractivity contribution in [2.45, 2.75) is 85.0 Å². The normalized spacial score (nSPS) is 12.7. The van der Waals surface area contributed by atoms with Gasteiger partial charge in [-0.2, -0.15) is 5.26 Å². The van der Waals surface area contributed by atoms with E-state index in [0.717, 1.165) is 43.4 Å². The maximum absolute atomic E-state index is 12.6. The Balaban J connectivity index is 1.93. The average Bonchev–Trinajstić information content (AvgIpc) is 2.80. The van der Waals surface area contributed by atoms with Gasteiger partial charge < -0.3 is 4.74 Å². The minimum absolute atomic E-state index is 0.455. The molecular weight excluding hydrogens is 384 g/mol. The van der Waals surface area contributed by atoms with Crippen molar-refractivity contribution in [3.05, 3.63) is 48.2 Å². The van der Waals surface area contributed by atoms with E-state index in [1.807, 2.05) is 24.4 Å². The maximum Gasteiger partial charge on any atom is 0.331 e. The highest BCUT2D eigenvalue weighted by atomic mass is 16.5. The lowest BCUT2D eigenvalue weighted by Gasteiger charge is -2.19. The summed E-state index contributed by atoms with van der Waals surface area (Å²) in [5, 5.41) is 9.53. The number of rotatable bonds is 13. The van der Waals surface area contributed by atoms with Crippen LogP contribution in [-0.4, -0.2) is 11.0 Å². The first-order valence-corrected chi connectivity index (χ1v) is 11.7. The molecule has 0 fully saturated rings. The Morgan fingerprint density at radius 2 is 1.65 bits per heavy atom. The van der Waals surface area contributed by atoms with E-state index in [2.05, 4.69) is 31.0 Å². The third-order valence-electron chi connectivity index (χ3n) is 5.73. The molecule has 2 rings (SSSR count). The van der Waals surface area contributed by atoms with E-state index in [4.69, 9.17) is 4.74 Å². The van der Waals surface area contributed by atoms with Gasteiger partial charge in [0.05, 0.1) is 11.8 Å². The Morgan fingerprint density at radius 3 is 2.23 bits per heavy atom. The first-order valence-electron chi connectivity index (χ1n) is 11.7. The Morgan fingerprint density at radius 1 is 0.968 bits per heavy atom. The highest BCUT2D eigenvalue weighted by Gasteiger charge is 2.35. The lowest BCUT2D eigenvalue weighted by molar-refractivity contribution is -0.142. The van der Waals surface area contributed by atoms with E-state index in [1.165, 1.54) is 31.2 Å². The summed E-state index contributed by atoms with van der Waals surface area (Å²) < 4.78 is 5.52. The fourth-order valence-electron chi connectivity index (χ4n) is 3.52. The number of unbranched alkanes of at least 4 members (excludes halogenated alkanes) is 6. The summed E-state index contributed by atoms with van der Waals surface area (Å²) >= 11 is 0. The van der Waals surface area contributed by atoms with E-state index < -0.39 is 11.4 Å². The van der Waals surface area contributed by atoms with Gasteiger partial charge in [-0.3, -0.25) is 4.98 Å². The predicted molar refractivity (Wildman–Crippen MR) is 126 cm³/mol. The van der Waals surface area contributed by atoms with Crippen molar-refractivity contribution in [2.75, 3.05) is 0 Å². The number of hydrogen-bond acceptors (Lipinski definition) is 4. The van der Waals surface area contributed by atoms with Crippen molar-refractivity contribution in [1.29, 1.82) is 5.26 Å². The van der Waals surface area contributed by atoms with Gasteiger partial charge in [-0.25, -0.2) is 4.79 Å². The molecule has 1 aromatic heterocycles. The van der Waals surface area contributed by atoms with Gasteiger partial charge in [0.2, 0.25) is 0 Å². The van der Waals surface area contributed by atoms with E-state index >= 15 is 0 Å². The van der Waals surface area contributed by atoms with Crippen molar-refractivity contribution in [1.82, 2.24) is 4.98 Å². The monoisotopic (exact) mass is 420 g/mol. The van der Waals surface area contributed by atoms with Gasteiger partial charge >= 0.3 is 5.97 Å². The second kappa shape index (κ2) is 12.9. The summed E-state index contributed by atoms with van der Waals surface area (Å²) in [6.07, 6.45) is 12.7. The van der Waals surface area contributed by atoms with Crippen molar-refractivity contribution >= 4 is 5.97 Å². The van der Waals surface area contributed by atoms with E-state index in [1.54, 1.807) is 19.1 Å². The van der Waals surface area contributed by atoms with Gasteiger partial charge in [-0.05, 0) is 62.1 Å². The van der Waals surface area contributed by atoms with Crippen LogP contribution in [0.5, 0.6) is 5.75 Å². The number of pyridine rings is 1. The van der Waals surface area contributed by atoms with Crippen LogP contribution in [0.25, 0.3) is 11.3 Å². The summed E-state index contributed by atoms with van der Waals surface area (Å²) in [6, 6.07) is 13.7. The molecule has 31 heavy (non-hydrogen) atoms. The fourth-order valence-corrected chi connectivity index (χ4v) is 3.52. The topological polar surface area (TPSA) is 63.0 Å². The molecule has 1 atom stereocenters. The molecule has 0 radical (unpaired) electrons. The Bertz CT molecular complexity index is 837. The molecule has 0 bridgehead atoms. The molecule has 0 saturated carbocycles. The largest absolute Gasteiger partial charge is 0.425 e. The number of ether oxygens (including phenoxy) is 1. The third kappa shape index (κ3) is 7.83. The molecule has 0 N–H and O–H groups in total. The lowest BCUT2D eigenvalue weighted by atomic mass is 9.86. The SMILES string of the molecule is CCCCCCc1ccc(-c2ccc(OC(=O)C(C)(C#N)CCCCCC)cc2)nc1. The predicted octanol–water partition coefficient (Wildman–Crippen LogP) is 7.28. The number of esters is 1. The van der Waals surface area contributed by atoms with E-state index in [9.17, 15) is 10.1 Å². The second-order valence-electron chi connectivity index (χ2n) is 8.53. The molecule has 166 valence electrons. The minimum Gasteiger partial charge on any atom is -0.425 e. The zero-order valence-electron chi connectivity index (χ0n) is 19.3. The Kier molecular flexibility index (Phi) is 10.2. The molecule has 0 amide bonds. The first-order chi connectivity index (χ1) is 15.0. The molecular formula is C27H36N2O2. The maximum atomic E-state index is 12.6. The van der Waals surface area contributed by atoms with Crippen LogP contribution < -0.4 is 4.74 Å². The number of carbonyl (C=O) groups excluding carboxylic acids is 1. The lowest BCUT2D eigenvalue weighted by Crippen LogP contribution is -2.30. The molecule has 2 aromatic rings.